The minimum atomic E-state index is -5.29. The second-order valence-corrected chi connectivity index (χ2v) is 6.44. The molecule has 1 aliphatic carbocycles. The predicted octanol–water partition coefficient (Wildman–Crippen LogP) is 4.19. The van der Waals surface area contributed by atoms with Gasteiger partial charge in [-0.2, -0.15) is 26.3 Å². The molecule has 19 heavy (non-hydrogen) atoms. The van der Waals surface area contributed by atoms with Crippen LogP contribution in [-0.2, 0) is 0 Å². The fourth-order valence-electron chi connectivity index (χ4n) is 1.68. The lowest BCUT2D eigenvalue weighted by Gasteiger charge is -2.35. The molecular weight excluding hydrogens is 291 g/mol. The Bertz CT molecular complexity index is 287. The normalized spacial score (nSPS) is 21.6. The molecule has 5 radical (unpaired) electrons. The van der Waals surface area contributed by atoms with Crippen LogP contribution in [-0.4, -0.2) is 36.9 Å². The van der Waals surface area contributed by atoms with Crippen LogP contribution < -0.4 is 0 Å². The molecule has 1 saturated carbocycles. The molecule has 0 saturated heterocycles. The zero-order chi connectivity index (χ0) is 15.0. The summed E-state index contributed by atoms with van der Waals surface area (Å²) in [5.74, 6) is -10.5. The molecule has 0 aromatic carbocycles. The number of hydrogen-bond donors (Lipinski definition) is 0. The summed E-state index contributed by atoms with van der Waals surface area (Å²) in [7, 11) is -1.00. The second-order valence-electron chi connectivity index (χ2n) is 4.28. The quantitative estimate of drug-likeness (QED) is 0.558. The number of alkyl halides is 6. The molecular formula is C11H13F6NP. The molecule has 8 heteroatoms. The average molecular weight is 304 g/mol. The van der Waals surface area contributed by atoms with Gasteiger partial charge in [-0.1, -0.05) is 0 Å². The Kier molecular flexibility index (Phi) is 5.16. The van der Waals surface area contributed by atoms with Crippen molar-refractivity contribution in [1.29, 1.82) is 0 Å². The molecule has 1 nitrogen and oxygen atoms in total. The van der Waals surface area contributed by atoms with Crippen molar-refractivity contribution in [3.05, 3.63) is 30.8 Å². The largest absolute Gasteiger partial charge is 0.414 e. The third kappa shape index (κ3) is 3.97. The van der Waals surface area contributed by atoms with Gasteiger partial charge in [-0.3, -0.25) is 0 Å². The van der Waals surface area contributed by atoms with Crippen molar-refractivity contribution in [2.24, 2.45) is 0 Å². The van der Waals surface area contributed by atoms with Crippen molar-refractivity contribution in [3.8, 4) is 0 Å². The summed E-state index contributed by atoms with van der Waals surface area (Å²) in [6.07, 6.45) is 3.46. The maximum absolute atomic E-state index is 12.7. The van der Waals surface area contributed by atoms with Crippen LogP contribution in [0.15, 0.2) is 0 Å². The molecule has 109 valence electrons. The van der Waals surface area contributed by atoms with Gasteiger partial charge in [0.25, 0.3) is 0 Å². The Hall–Kier alpha value is -0.0300. The Balaban J connectivity index is 3.02. The van der Waals surface area contributed by atoms with E-state index in [2.05, 4.69) is 0 Å². The monoisotopic (exact) mass is 304 g/mol. The van der Waals surface area contributed by atoms with Crippen molar-refractivity contribution < 1.29 is 26.3 Å². The zero-order valence-electron chi connectivity index (χ0n) is 10.5. The molecule has 1 atom stereocenters. The average Bonchev–Trinajstić information content (AvgIpc) is 2.60. The highest BCUT2D eigenvalue weighted by Gasteiger charge is 2.63. The molecule has 0 aliphatic heterocycles. The summed E-state index contributed by atoms with van der Waals surface area (Å²) < 4.78 is 76.3. The van der Waals surface area contributed by atoms with Gasteiger partial charge in [0.2, 0.25) is 0 Å². The molecule has 1 aliphatic rings. The van der Waals surface area contributed by atoms with Crippen LogP contribution in [0, 0.1) is 30.8 Å². The number of halogens is 6. The highest BCUT2D eigenvalue weighted by molar-refractivity contribution is 7.63. The van der Waals surface area contributed by atoms with Crippen LogP contribution in [0.5, 0.6) is 0 Å². The van der Waals surface area contributed by atoms with Crippen molar-refractivity contribution in [2.45, 2.75) is 24.8 Å². The lowest BCUT2D eigenvalue weighted by molar-refractivity contribution is -0.0828. The third-order valence-corrected chi connectivity index (χ3v) is 4.70. The van der Waals surface area contributed by atoms with Gasteiger partial charge in [-0.15, -0.1) is 0 Å². The van der Waals surface area contributed by atoms with E-state index in [-0.39, 0.29) is 5.92 Å². The lowest BCUT2D eigenvalue weighted by Crippen LogP contribution is -2.34. The first kappa shape index (κ1) is 17.0. The topological polar surface area (TPSA) is 3.24 Å². The van der Waals surface area contributed by atoms with Gasteiger partial charge in [0, 0.05) is 17.6 Å². The summed E-state index contributed by atoms with van der Waals surface area (Å²) in [5.41, 5.74) is -0.656. The molecule has 1 rings (SSSR count). The van der Waals surface area contributed by atoms with Crippen LogP contribution in [0.2, 0.25) is 0 Å². The van der Waals surface area contributed by atoms with E-state index in [4.69, 9.17) is 0 Å². The van der Waals surface area contributed by atoms with Crippen LogP contribution in [0.1, 0.15) is 6.92 Å². The van der Waals surface area contributed by atoms with Gasteiger partial charge in [-0.25, -0.2) is 0 Å². The summed E-state index contributed by atoms with van der Waals surface area (Å²) in [6, 6.07) is -0.514. The minimum Gasteiger partial charge on any atom is -0.306 e. The van der Waals surface area contributed by atoms with E-state index in [0.29, 0.717) is 0 Å². The van der Waals surface area contributed by atoms with Crippen LogP contribution >= 0.6 is 7.92 Å². The standard InChI is InChI=1S/C11H13F6NP/c1-7(18(2)3)8-5-4-6-9(8)19(10(12,13)14)11(15,16)17/h4-7H,1-3H3/t7-/m1/s1. The molecule has 0 unspecified atom stereocenters. The first-order chi connectivity index (χ1) is 8.46. The first-order valence-corrected chi connectivity index (χ1v) is 6.66. The Morgan fingerprint density at radius 2 is 1.47 bits per heavy atom. The third-order valence-electron chi connectivity index (χ3n) is 2.80. The number of nitrogens with zero attached hydrogens (tertiary/aromatic N) is 1. The van der Waals surface area contributed by atoms with Crippen molar-refractivity contribution in [2.75, 3.05) is 14.1 Å². The van der Waals surface area contributed by atoms with E-state index in [0.717, 1.165) is 6.42 Å². The second kappa shape index (κ2) is 5.76. The van der Waals surface area contributed by atoms with E-state index in [1.165, 1.54) is 12.8 Å². The summed E-state index contributed by atoms with van der Waals surface area (Å²) in [6.45, 7) is 1.57. The fourth-order valence-corrected chi connectivity index (χ4v) is 3.27. The van der Waals surface area contributed by atoms with Gasteiger partial charge < -0.3 is 4.90 Å². The molecule has 0 amide bonds. The van der Waals surface area contributed by atoms with Gasteiger partial charge in [0.1, 0.15) is 7.92 Å². The van der Waals surface area contributed by atoms with Gasteiger partial charge in [0.05, 0.1) is 0 Å². The Labute approximate surface area is 110 Å². The summed E-state index contributed by atoms with van der Waals surface area (Å²) in [4.78, 5) is 1.57. The Morgan fingerprint density at radius 3 is 1.84 bits per heavy atom. The van der Waals surface area contributed by atoms with Crippen LogP contribution in [0.3, 0.4) is 0 Å². The highest BCUT2D eigenvalue weighted by Crippen LogP contribution is 2.74. The minimum absolute atomic E-state index is 0.0748. The molecule has 0 N–H and O–H groups in total. The molecule has 0 bridgehead atoms. The zero-order valence-corrected chi connectivity index (χ0v) is 11.4. The van der Waals surface area contributed by atoms with E-state index in [1.54, 1.807) is 25.9 Å². The van der Waals surface area contributed by atoms with Gasteiger partial charge in [-0.05, 0) is 40.3 Å². The maximum Gasteiger partial charge on any atom is 0.414 e. The fraction of sp³-hybridized carbons (Fsp3) is 0.545. The number of rotatable bonds is 3. The lowest BCUT2D eigenvalue weighted by atomic mass is 9.98. The predicted molar refractivity (Wildman–Crippen MR) is 61.6 cm³/mol. The molecule has 0 heterocycles. The molecule has 0 aromatic heterocycles. The molecule has 0 spiro atoms. The number of hydrogen-bond acceptors (Lipinski definition) is 1. The smallest absolute Gasteiger partial charge is 0.306 e. The van der Waals surface area contributed by atoms with Crippen LogP contribution in [0.25, 0.3) is 0 Å². The summed E-state index contributed by atoms with van der Waals surface area (Å²) in [5, 5.41) is 0. The van der Waals surface area contributed by atoms with Crippen molar-refractivity contribution >= 4 is 7.92 Å². The highest BCUT2D eigenvalue weighted by atomic mass is 31.1. The molecule has 1 fully saturated rings. The molecule has 0 aromatic rings. The summed E-state index contributed by atoms with van der Waals surface area (Å²) >= 11 is 0. The maximum atomic E-state index is 12.7. The van der Waals surface area contributed by atoms with Crippen molar-refractivity contribution in [3.63, 3.8) is 0 Å². The van der Waals surface area contributed by atoms with E-state index in [9.17, 15) is 26.3 Å². The van der Waals surface area contributed by atoms with Crippen molar-refractivity contribution in [1.82, 2.24) is 4.90 Å². The van der Waals surface area contributed by atoms with E-state index < -0.39 is 31.5 Å². The van der Waals surface area contributed by atoms with Gasteiger partial charge in [0.15, 0.2) is 0 Å². The first-order valence-electron chi connectivity index (χ1n) is 5.32. The SMILES string of the molecule is C[C@H]([C]1[CH][CH][CH][C]1P(C(F)(F)F)C(F)(F)F)N(C)C. The van der Waals surface area contributed by atoms with Crippen LogP contribution in [0.4, 0.5) is 26.3 Å². The van der Waals surface area contributed by atoms with E-state index in [1.807, 2.05) is 0 Å². The Morgan fingerprint density at radius 1 is 1.00 bits per heavy atom. The van der Waals surface area contributed by atoms with E-state index >= 15 is 0 Å². The van der Waals surface area contributed by atoms with Gasteiger partial charge >= 0.3 is 11.8 Å².